The lowest BCUT2D eigenvalue weighted by Crippen LogP contribution is -2.16. The van der Waals surface area contributed by atoms with Crippen molar-refractivity contribution in [1.29, 1.82) is 0 Å². The highest BCUT2D eigenvalue weighted by molar-refractivity contribution is 5.90. The van der Waals surface area contributed by atoms with Gasteiger partial charge in [0.2, 0.25) is 0 Å². The maximum atomic E-state index is 4.85. The molecule has 0 radical (unpaired) electrons. The Morgan fingerprint density at radius 1 is 1.88 bits per heavy atom. The highest BCUT2D eigenvalue weighted by Gasteiger charge is 1.99. The van der Waals surface area contributed by atoms with Crippen molar-refractivity contribution < 1.29 is 4.74 Å². The predicted octanol–water partition coefficient (Wildman–Crippen LogP) is 0.116. The highest BCUT2D eigenvalue weighted by atomic mass is 16.5. The normalized spacial score (nSPS) is 23.4. The summed E-state index contributed by atoms with van der Waals surface area (Å²) in [4.78, 5) is 7.78. The van der Waals surface area contributed by atoms with Crippen LogP contribution in [-0.2, 0) is 4.74 Å². The molecule has 1 aliphatic rings. The third-order valence-corrected chi connectivity index (χ3v) is 0.989. The van der Waals surface area contributed by atoms with E-state index in [1.807, 2.05) is 0 Å². The molecule has 0 fully saturated rings. The Bertz CT molecular complexity index is 128. The molecule has 1 heterocycles. The number of rotatable bonds is 0. The van der Waals surface area contributed by atoms with Gasteiger partial charge in [-0.2, -0.15) is 0 Å². The molecule has 0 unspecified atom stereocenters. The van der Waals surface area contributed by atoms with E-state index in [1.165, 1.54) is 6.40 Å². The van der Waals surface area contributed by atoms with Gasteiger partial charge in [-0.15, -0.1) is 0 Å². The fraction of sp³-hybridized carbons (Fsp3) is 0.600. The van der Waals surface area contributed by atoms with Gasteiger partial charge in [-0.25, -0.2) is 0 Å². The molecule has 0 aromatic carbocycles. The molecule has 1 aliphatic heterocycles. The minimum absolute atomic E-state index is 0.611. The number of aliphatic imine (C=N–C) groups is 2. The van der Waals surface area contributed by atoms with Gasteiger partial charge in [0.05, 0.1) is 12.3 Å². The molecule has 0 N–H and O–H groups in total. The van der Waals surface area contributed by atoms with Gasteiger partial charge in [0.15, 0.2) is 6.40 Å². The Balaban J connectivity index is 2.50. The standard InChI is InChI=1S/C5H8N2O/c1-6-5-2-7-4-8-3-5/h4H,2-3H2,1H3. The first-order chi connectivity index (χ1) is 3.93. The largest absolute Gasteiger partial charge is 0.477 e. The summed E-state index contributed by atoms with van der Waals surface area (Å²) in [7, 11) is 1.75. The summed E-state index contributed by atoms with van der Waals surface area (Å²) in [5.74, 6) is 0. The van der Waals surface area contributed by atoms with Crippen LogP contribution >= 0.6 is 0 Å². The molecular formula is C5H8N2O. The van der Waals surface area contributed by atoms with E-state index in [0.717, 1.165) is 5.71 Å². The molecule has 0 spiro atoms. The Morgan fingerprint density at radius 3 is 3.12 bits per heavy atom. The van der Waals surface area contributed by atoms with E-state index in [4.69, 9.17) is 4.74 Å². The van der Waals surface area contributed by atoms with Crippen molar-refractivity contribution >= 4 is 12.1 Å². The summed E-state index contributed by atoms with van der Waals surface area (Å²) < 4.78 is 4.85. The summed E-state index contributed by atoms with van der Waals surface area (Å²) >= 11 is 0. The zero-order chi connectivity index (χ0) is 5.82. The Morgan fingerprint density at radius 2 is 2.75 bits per heavy atom. The van der Waals surface area contributed by atoms with Crippen molar-refractivity contribution in [3.05, 3.63) is 0 Å². The lowest BCUT2D eigenvalue weighted by atomic mass is 10.4. The zero-order valence-corrected chi connectivity index (χ0v) is 4.79. The van der Waals surface area contributed by atoms with Crippen molar-refractivity contribution in [2.24, 2.45) is 9.98 Å². The molecule has 0 bridgehead atoms. The molecule has 0 saturated heterocycles. The van der Waals surface area contributed by atoms with Crippen molar-refractivity contribution in [1.82, 2.24) is 0 Å². The van der Waals surface area contributed by atoms with Crippen molar-refractivity contribution in [2.45, 2.75) is 0 Å². The van der Waals surface area contributed by atoms with Gasteiger partial charge in [0.1, 0.15) is 6.61 Å². The summed E-state index contributed by atoms with van der Waals surface area (Å²) in [5.41, 5.74) is 1.01. The van der Waals surface area contributed by atoms with Crippen LogP contribution in [-0.4, -0.2) is 32.3 Å². The minimum atomic E-state index is 0.611. The van der Waals surface area contributed by atoms with Gasteiger partial charge in [-0.1, -0.05) is 0 Å². The van der Waals surface area contributed by atoms with Crippen LogP contribution < -0.4 is 0 Å². The van der Waals surface area contributed by atoms with Crippen molar-refractivity contribution in [3.8, 4) is 0 Å². The Hall–Kier alpha value is -0.860. The molecule has 0 aromatic rings. The van der Waals surface area contributed by atoms with Gasteiger partial charge in [-0.05, 0) is 0 Å². The molecule has 0 aromatic heterocycles. The maximum absolute atomic E-state index is 4.85. The van der Waals surface area contributed by atoms with Gasteiger partial charge < -0.3 is 4.74 Å². The topological polar surface area (TPSA) is 34.0 Å². The van der Waals surface area contributed by atoms with Crippen LogP contribution in [0.4, 0.5) is 0 Å². The first-order valence-electron chi connectivity index (χ1n) is 2.48. The third kappa shape index (κ3) is 1.05. The average molecular weight is 112 g/mol. The smallest absolute Gasteiger partial charge is 0.170 e. The lowest BCUT2D eigenvalue weighted by molar-refractivity contribution is 0.371. The lowest BCUT2D eigenvalue weighted by Gasteiger charge is -2.05. The van der Waals surface area contributed by atoms with E-state index in [2.05, 4.69) is 9.98 Å². The maximum Gasteiger partial charge on any atom is 0.170 e. The van der Waals surface area contributed by atoms with Crippen LogP contribution in [0.2, 0.25) is 0 Å². The van der Waals surface area contributed by atoms with Crippen LogP contribution in [0, 0.1) is 0 Å². The summed E-state index contributed by atoms with van der Waals surface area (Å²) in [6, 6.07) is 0. The molecule has 0 atom stereocenters. The van der Waals surface area contributed by atoms with E-state index in [0.29, 0.717) is 13.2 Å². The first kappa shape index (κ1) is 5.28. The summed E-state index contributed by atoms with van der Waals surface area (Å²) in [6.45, 7) is 1.32. The number of hydrogen-bond donors (Lipinski definition) is 0. The van der Waals surface area contributed by atoms with Crippen LogP contribution in [0.25, 0.3) is 0 Å². The monoisotopic (exact) mass is 112 g/mol. The second kappa shape index (κ2) is 2.45. The highest BCUT2D eigenvalue weighted by Crippen LogP contribution is 1.86. The quantitative estimate of drug-likeness (QED) is 0.438. The average Bonchev–Trinajstić information content (AvgIpc) is 1.90. The molecule has 3 nitrogen and oxygen atoms in total. The van der Waals surface area contributed by atoms with E-state index in [-0.39, 0.29) is 0 Å². The van der Waals surface area contributed by atoms with Gasteiger partial charge in [-0.3, -0.25) is 9.98 Å². The fourth-order valence-electron chi connectivity index (χ4n) is 0.510. The summed E-state index contributed by atoms with van der Waals surface area (Å²) in [6.07, 6.45) is 1.47. The molecule has 0 amide bonds. The molecule has 3 heteroatoms. The van der Waals surface area contributed by atoms with Gasteiger partial charge in [0.25, 0.3) is 0 Å². The van der Waals surface area contributed by atoms with Gasteiger partial charge in [0, 0.05) is 7.05 Å². The Labute approximate surface area is 48.1 Å². The van der Waals surface area contributed by atoms with Crippen molar-refractivity contribution in [2.75, 3.05) is 20.2 Å². The SMILES string of the molecule is CN=C1CN=COC1. The van der Waals surface area contributed by atoms with E-state index >= 15 is 0 Å². The predicted molar refractivity (Wildman–Crippen MR) is 32.7 cm³/mol. The Kier molecular flexibility index (Phi) is 1.62. The fourth-order valence-corrected chi connectivity index (χ4v) is 0.510. The van der Waals surface area contributed by atoms with Crippen LogP contribution in [0.15, 0.2) is 9.98 Å². The molecule has 0 aliphatic carbocycles. The summed E-state index contributed by atoms with van der Waals surface area (Å²) in [5, 5.41) is 0. The van der Waals surface area contributed by atoms with Crippen LogP contribution in [0.3, 0.4) is 0 Å². The van der Waals surface area contributed by atoms with Crippen LogP contribution in [0.5, 0.6) is 0 Å². The minimum Gasteiger partial charge on any atom is -0.477 e. The number of nitrogens with zero attached hydrogens (tertiary/aromatic N) is 2. The third-order valence-electron chi connectivity index (χ3n) is 0.989. The zero-order valence-electron chi connectivity index (χ0n) is 4.79. The second-order valence-electron chi connectivity index (χ2n) is 1.55. The molecule has 8 heavy (non-hydrogen) atoms. The first-order valence-corrected chi connectivity index (χ1v) is 2.48. The van der Waals surface area contributed by atoms with Gasteiger partial charge >= 0.3 is 0 Å². The number of hydrogen-bond acceptors (Lipinski definition) is 3. The molecule has 1 rings (SSSR count). The van der Waals surface area contributed by atoms with Crippen LogP contribution in [0.1, 0.15) is 0 Å². The number of ether oxygens (including phenoxy) is 1. The second-order valence-corrected chi connectivity index (χ2v) is 1.55. The molecule has 0 saturated carbocycles. The van der Waals surface area contributed by atoms with E-state index < -0.39 is 0 Å². The molecule has 44 valence electrons. The van der Waals surface area contributed by atoms with E-state index in [1.54, 1.807) is 7.05 Å². The molecular weight excluding hydrogens is 104 g/mol. The van der Waals surface area contributed by atoms with Crippen molar-refractivity contribution in [3.63, 3.8) is 0 Å². The van der Waals surface area contributed by atoms with E-state index in [9.17, 15) is 0 Å².